The molecule has 100 valence electrons. The molecule has 0 radical (unpaired) electrons. The molecule has 3 heteroatoms. The number of rotatable bonds is 2. The van der Waals surface area contributed by atoms with E-state index in [1.165, 1.54) is 32.1 Å². The van der Waals surface area contributed by atoms with Gasteiger partial charge in [0.2, 0.25) is 0 Å². The van der Waals surface area contributed by atoms with Gasteiger partial charge < -0.3 is 5.32 Å². The molecule has 1 aromatic heterocycles. The van der Waals surface area contributed by atoms with E-state index < -0.39 is 0 Å². The molecule has 1 N–H and O–H groups in total. The van der Waals surface area contributed by atoms with Crippen molar-refractivity contribution in [1.82, 2.24) is 9.97 Å². The van der Waals surface area contributed by atoms with Gasteiger partial charge in [-0.15, -0.1) is 0 Å². The first-order valence-electron chi connectivity index (χ1n) is 7.31. The molecule has 3 rings (SSSR count). The van der Waals surface area contributed by atoms with Crippen LogP contribution < -0.4 is 5.32 Å². The molecule has 0 bridgehead atoms. The number of nitrogens with one attached hydrogen (secondary N) is 1. The van der Waals surface area contributed by atoms with Crippen LogP contribution in [0.15, 0.2) is 30.5 Å². The summed E-state index contributed by atoms with van der Waals surface area (Å²) in [4.78, 5) is 9.13. The number of aromatic nitrogens is 2. The van der Waals surface area contributed by atoms with Gasteiger partial charge in [0.1, 0.15) is 5.82 Å². The highest BCUT2D eigenvalue weighted by Gasteiger charge is 2.20. The van der Waals surface area contributed by atoms with Crippen LogP contribution >= 0.6 is 0 Å². The van der Waals surface area contributed by atoms with E-state index in [4.69, 9.17) is 0 Å². The van der Waals surface area contributed by atoms with Crippen LogP contribution in [-0.4, -0.2) is 16.0 Å². The molecule has 2 unspecified atom stereocenters. The first kappa shape index (κ1) is 12.4. The SMILES string of the molecule is CC1CCCCCC1Nc1cnc2ccccc2n1. The van der Waals surface area contributed by atoms with Crippen molar-refractivity contribution in [3.05, 3.63) is 30.5 Å². The predicted molar refractivity (Wildman–Crippen MR) is 79.2 cm³/mol. The Labute approximate surface area is 114 Å². The summed E-state index contributed by atoms with van der Waals surface area (Å²) in [6, 6.07) is 8.56. The van der Waals surface area contributed by atoms with Crippen LogP contribution in [0.25, 0.3) is 11.0 Å². The van der Waals surface area contributed by atoms with E-state index in [0.717, 1.165) is 22.8 Å². The van der Waals surface area contributed by atoms with E-state index in [1.807, 2.05) is 30.5 Å². The lowest BCUT2D eigenvalue weighted by Crippen LogP contribution is -2.26. The van der Waals surface area contributed by atoms with E-state index >= 15 is 0 Å². The summed E-state index contributed by atoms with van der Waals surface area (Å²) in [5, 5.41) is 3.59. The molecule has 1 saturated carbocycles. The van der Waals surface area contributed by atoms with Crippen LogP contribution in [0, 0.1) is 5.92 Å². The number of benzene rings is 1. The van der Waals surface area contributed by atoms with Gasteiger partial charge in [0.05, 0.1) is 17.2 Å². The summed E-state index contributed by atoms with van der Waals surface area (Å²) in [6.45, 7) is 2.34. The van der Waals surface area contributed by atoms with Crippen molar-refractivity contribution in [2.75, 3.05) is 5.32 Å². The molecule has 0 amide bonds. The minimum absolute atomic E-state index is 0.540. The Morgan fingerprint density at radius 3 is 2.74 bits per heavy atom. The first-order chi connectivity index (χ1) is 9.33. The molecule has 2 aromatic rings. The fourth-order valence-corrected chi connectivity index (χ4v) is 2.92. The van der Waals surface area contributed by atoms with Crippen molar-refractivity contribution in [3.8, 4) is 0 Å². The predicted octanol–water partition coefficient (Wildman–Crippen LogP) is 4.01. The van der Waals surface area contributed by atoms with Gasteiger partial charge in [-0.1, -0.05) is 38.3 Å². The molecular weight excluding hydrogens is 234 g/mol. The van der Waals surface area contributed by atoms with Crippen molar-refractivity contribution >= 4 is 16.9 Å². The van der Waals surface area contributed by atoms with Crippen LogP contribution in [-0.2, 0) is 0 Å². The van der Waals surface area contributed by atoms with Crippen LogP contribution in [0.5, 0.6) is 0 Å². The molecule has 1 aromatic carbocycles. The minimum atomic E-state index is 0.540. The van der Waals surface area contributed by atoms with Gasteiger partial charge in [-0.25, -0.2) is 4.98 Å². The second-order valence-corrected chi connectivity index (χ2v) is 5.61. The summed E-state index contributed by atoms with van der Waals surface area (Å²) in [5.41, 5.74) is 1.93. The smallest absolute Gasteiger partial charge is 0.145 e. The van der Waals surface area contributed by atoms with Gasteiger partial charge in [-0.3, -0.25) is 4.98 Å². The van der Waals surface area contributed by atoms with E-state index in [2.05, 4.69) is 22.2 Å². The molecule has 0 spiro atoms. The second kappa shape index (κ2) is 5.55. The van der Waals surface area contributed by atoms with Crippen LogP contribution in [0.1, 0.15) is 39.0 Å². The normalized spacial score (nSPS) is 24.1. The highest BCUT2D eigenvalue weighted by Crippen LogP contribution is 2.25. The average Bonchev–Trinajstić information content (AvgIpc) is 2.64. The number of anilines is 1. The van der Waals surface area contributed by atoms with E-state index in [-0.39, 0.29) is 0 Å². The Balaban J connectivity index is 1.80. The Morgan fingerprint density at radius 1 is 1.05 bits per heavy atom. The topological polar surface area (TPSA) is 37.8 Å². The van der Waals surface area contributed by atoms with Crippen molar-refractivity contribution in [2.24, 2.45) is 5.92 Å². The maximum Gasteiger partial charge on any atom is 0.145 e. The third kappa shape index (κ3) is 2.86. The molecule has 2 atom stereocenters. The summed E-state index contributed by atoms with van der Waals surface area (Å²) in [6.07, 6.45) is 8.48. The number of nitrogens with zero attached hydrogens (tertiary/aromatic N) is 2. The number of fused-ring (bicyclic) bond motifs is 1. The summed E-state index contributed by atoms with van der Waals surface area (Å²) in [5.74, 6) is 1.63. The zero-order chi connectivity index (χ0) is 13.1. The molecule has 1 aliphatic rings. The molecule has 0 aliphatic heterocycles. The fourth-order valence-electron chi connectivity index (χ4n) is 2.92. The standard InChI is InChI=1S/C16H21N3/c1-12-7-3-2-4-8-13(12)18-16-11-17-14-9-5-6-10-15(14)19-16/h5-6,9-13H,2-4,7-8H2,1H3,(H,18,19). The molecular formula is C16H21N3. The molecule has 19 heavy (non-hydrogen) atoms. The maximum absolute atomic E-state index is 4.66. The zero-order valence-electron chi connectivity index (χ0n) is 11.5. The van der Waals surface area contributed by atoms with Crippen molar-refractivity contribution in [1.29, 1.82) is 0 Å². The van der Waals surface area contributed by atoms with Crippen LogP contribution in [0.3, 0.4) is 0 Å². The van der Waals surface area contributed by atoms with Gasteiger partial charge in [0.15, 0.2) is 0 Å². The van der Waals surface area contributed by atoms with Gasteiger partial charge >= 0.3 is 0 Å². The van der Waals surface area contributed by atoms with Gasteiger partial charge in [-0.05, 0) is 30.9 Å². The van der Waals surface area contributed by atoms with Crippen molar-refractivity contribution in [2.45, 2.75) is 45.1 Å². The fraction of sp³-hybridized carbons (Fsp3) is 0.500. The number of hydrogen-bond acceptors (Lipinski definition) is 3. The van der Waals surface area contributed by atoms with Crippen LogP contribution in [0.4, 0.5) is 5.82 Å². The summed E-state index contributed by atoms with van der Waals surface area (Å²) >= 11 is 0. The van der Waals surface area contributed by atoms with E-state index in [1.54, 1.807) is 0 Å². The first-order valence-corrected chi connectivity index (χ1v) is 7.31. The quantitative estimate of drug-likeness (QED) is 0.824. The lowest BCUT2D eigenvalue weighted by Gasteiger charge is -2.23. The van der Waals surface area contributed by atoms with Gasteiger partial charge in [0, 0.05) is 6.04 Å². The van der Waals surface area contributed by atoms with Gasteiger partial charge in [-0.2, -0.15) is 0 Å². The van der Waals surface area contributed by atoms with Crippen molar-refractivity contribution in [3.63, 3.8) is 0 Å². The third-order valence-corrected chi connectivity index (χ3v) is 4.14. The van der Waals surface area contributed by atoms with Crippen LogP contribution in [0.2, 0.25) is 0 Å². The lowest BCUT2D eigenvalue weighted by atomic mass is 9.97. The monoisotopic (exact) mass is 255 g/mol. The number of para-hydroxylation sites is 2. The highest BCUT2D eigenvalue weighted by atomic mass is 15.0. The largest absolute Gasteiger partial charge is 0.366 e. The maximum atomic E-state index is 4.66. The van der Waals surface area contributed by atoms with E-state index in [0.29, 0.717) is 6.04 Å². The zero-order valence-corrected chi connectivity index (χ0v) is 11.5. The lowest BCUT2D eigenvalue weighted by molar-refractivity contribution is 0.455. The third-order valence-electron chi connectivity index (χ3n) is 4.14. The Bertz CT molecular complexity index is 552. The molecule has 1 aliphatic carbocycles. The molecule has 1 fully saturated rings. The molecule has 0 saturated heterocycles. The van der Waals surface area contributed by atoms with Gasteiger partial charge in [0.25, 0.3) is 0 Å². The Hall–Kier alpha value is -1.64. The number of hydrogen-bond donors (Lipinski definition) is 1. The summed E-state index contributed by atoms with van der Waals surface area (Å²) < 4.78 is 0. The van der Waals surface area contributed by atoms with Crippen molar-refractivity contribution < 1.29 is 0 Å². The average molecular weight is 255 g/mol. The highest BCUT2D eigenvalue weighted by molar-refractivity contribution is 5.75. The Kier molecular flexibility index (Phi) is 3.62. The second-order valence-electron chi connectivity index (χ2n) is 5.61. The molecule has 1 heterocycles. The Morgan fingerprint density at radius 2 is 1.84 bits per heavy atom. The molecule has 3 nitrogen and oxygen atoms in total. The minimum Gasteiger partial charge on any atom is -0.366 e. The van der Waals surface area contributed by atoms with E-state index in [9.17, 15) is 0 Å². The summed E-state index contributed by atoms with van der Waals surface area (Å²) in [7, 11) is 0.